The Morgan fingerprint density at radius 3 is 2.40 bits per heavy atom. The minimum Gasteiger partial charge on any atom is -0.450 e. The predicted molar refractivity (Wildman–Crippen MR) is 178 cm³/mol. The Morgan fingerprint density at radius 1 is 0.978 bits per heavy atom. The molecule has 0 N–H and O–H groups in total. The van der Waals surface area contributed by atoms with E-state index in [1.165, 1.54) is 4.90 Å². The fraction of sp³-hybridized carbons (Fsp3) is 0.286. The van der Waals surface area contributed by atoms with E-state index in [9.17, 15) is 19.2 Å². The number of benzene rings is 3. The zero-order valence-electron chi connectivity index (χ0n) is 24.3. The van der Waals surface area contributed by atoms with E-state index in [-0.39, 0.29) is 47.3 Å². The number of hydrogen-bond donors (Lipinski definition) is 0. The molecule has 4 unspecified atom stereocenters. The second-order valence-electron chi connectivity index (χ2n) is 11.6. The molecule has 1 saturated carbocycles. The number of Topliss-reactive ketones (excluding diaryl/α,β-unsaturated/α-hetero) is 1. The minimum atomic E-state index is -1.10. The van der Waals surface area contributed by atoms with Gasteiger partial charge in [-0.2, -0.15) is 0 Å². The number of anilines is 1. The van der Waals surface area contributed by atoms with Crippen LogP contribution in [0.2, 0.25) is 5.02 Å². The number of halogens is 3. The van der Waals surface area contributed by atoms with Crippen LogP contribution in [0.25, 0.3) is 22.2 Å². The van der Waals surface area contributed by atoms with Crippen LogP contribution in [-0.4, -0.2) is 40.5 Å². The molecule has 1 aromatic heterocycles. The summed E-state index contributed by atoms with van der Waals surface area (Å²) < 4.78 is 6.54. The lowest BCUT2D eigenvalue weighted by atomic mass is 9.76. The van der Waals surface area contributed by atoms with E-state index >= 15 is 0 Å². The molecule has 0 radical (unpaired) electrons. The van der Waals surface area contributed by atoms with Gasteiger partial charge in [0.1, 0.15) is 0 Å². The van der Waals surface area contributed by atoms with Gasteiger partial charge in [-0.15, -0.1) is 11.6 Å². The Hall–Kier alpha value is -3.59. The standard InChI is InChI=1S/C35H29BrCl2N2O5/c1-19-2-12-25-27(16-19)34(43)40(33(25)42)24-10-5-20(6-11-24)30-18-28(26-17-22(36)7-13-29(26)39-30)35(44)45-31(14-15-37)32(41)21-3-8-23(38)9-4-21/h3-11,13,17-19,25,27,31H,2,12,14-16H2,1H3. The first-order valence-electron chi connectivity index (χ1n) is 14.8. The van der Waals surface area contributed by atoms with Crippen LogP contribution in [0.5, 0.6) is 0 Å². The van der Waals surface area contributed by atoms with Crippen LogP contribution in [0.4, 0.5) is 5.69 Å². The normalized spacial score (nSPS) is 20.3. The van der Waals surface area contributed by atoms with E-state index in [2.05, 4.69) is 22.9 Å². The average Bonchev–Trinajstić information content (AvgIpc) is 3.28. The number of aromatic nitrogens is 1. The quantitative estimate of drug-likeness (QED) is 0.0792. The second kappa shape index (κ2) is 13.0. The molecule has 2 aliphatic rings. The molecule has 45 heavy (non-hydrogen) atoms. The molecule has 2 fully saturated rings. The molecule has 1 aliphatic carbocycles. The van der Waals surface area contributed by atoms with Gasteiger partial charge in [0.15, 0.2) is 6.10 Å². The number of pyridine rings is 1. The first kappa shape index (κ1) is 31.4. The lowest BCUT2D eigenvalue weighted by molar-refractivity contribution is -0.122. The highest BCUT2D eigenvalue weighted by Crippen LogP contribution is 2.42. The van der Waals surface area contributed by atoms with Crippen molar-refractivity contribution in [1.29, 1.82) is 0 Å². The molecule has 0 bridgehead atoms. The van der Waals surface area contributed by atoms with E-state index in [1.807, 2.05) is 6.07 Å². The maximum atomic E-state index is 13.7. The van der Waals surface area contributed by atoms with E-state index in [4.69, 9.17) is 32.9 Å². The third kappa shape index (κ3) is 6.28. The van der Waals surface area contributed by atoms with Gasteiger partial charge in [-0.05, 0) is 85.8 Å². The number of fused-ring (bicyclic) bond motifs is 2. The van der Waals surface area contributed by atoms with Crippen LogP contribution in [0.1, 0.15) is 53.3 Å². The number of ketones is 1. The average molecular weight is 708 g/mol. The summed E-state index contributed by atoms with van der Waals surface area (Å²) in [6.45, 7) is 2.13. The molecule has 0 spiro atoms. The monoisotopic (exact) mass is 706 g/mol. The van der Waals surface area contributed by atoms with Crippen molar-refractivity contribution in [3.63, 3.8) is 0 Å². The van der Waals surface area contributed by atoms with Gasteiger partial charge in [-0.1, -0.05) is 46.6 Å². The van der Waals surface area contributed by atoms with Gasteiger partial charge in [0.05, 0.1) is 34.3 Å². The number of ether oxygens (including phenoxy) is 1. The summed E-state index contributed by atoms with van der Waals surface area (Å²) in [5, 5.41) is 1.03. The van der Waals surface area contributed by atoms with E-state index in [1.54, 1.807) is 66.7 Å². The van der Waals surface area contributed by atoms with Gasteiger partial charge in [0.25, 0.3) is 0 Å². The fourth-order valence-electron chi connectivity index (χ4n) is 6.28. The number of alkyl halides is 1. The number of hydrogen-bond acceptors (Lipinski definition) is 6. The van der Waals surface area contributed by atoms with Crippen LogP contribution in [0, 0.1) is 17.8 Å². The molecule has 10 heteroatoms. The summed E-state index contributed by atoms with van der Waals surface area (Å²) in [5.41, 5.74) is 2.82. The zero-order chi connectivity index (χ0) is 31.8. The van der Waals surface area contributed by atoms with Gasteiger partial charge in [0.2, 0.25) is 17.6 Å². The highest BCUT2D eigenvalue weighted by molar-refractivity contribution is 9.10. The van der Waals surface area contributed by atoms with Crippen molar-refractivity contribution in [3.8, 4) is 11.3 Å². The fourth-order valence-corrected chi connectivity index (χ4v) is 6.96. The molecular formula is C35H29BrCl2N2O5. The minimum absolute atomic E-state index is 0.111. The topological polar surface area (TPSA) is 93.6 Å². The van der Waals surface area contributed by atoms with Gasteiger partial charge >= 0.3 is 5.97 Å². The Morgan fingerprint density at radius 2 is 1.69 bits per heavy atom. The van der Waals surface area contributed by atoms with Crippen LogP contribution in [0.15, 0.2) is 77.3 Å². The lowest BCUT2D eigenvalue weighted by Gasteiger charge is -2.25. The number of amides is 2. The maximum Gasteiger partial charge on any atom is 0.339 e. The summed E-state index contributed by atoms with van der Waals surface area (Å²) in [6, 6.07) is 20.4. The van der Waals surface area contributed by atoms with Crippen molar-refractivity contribution in [1.82, 2.24) is 4.98 Å². The smallest absolute Gasteiger partial charge is 0.339 e. The third-order valence-corrected chi connectivity index (χ3v) is 9.60. The maximum absolute atomic E-state index is 13.7. The van der Waals surface area contributed by atoms with E-state index < -0.39 is 12.1 Å². The van der Waals surface area contributed by atoms with Crippen LogP contribution in [0.3, 0.4) is 0 Å². The largest absolute Gasteiger partial charge is 0.450 e. The first-order chi connectivity index (χ1) is 21.6. The highest BCUT2D eigenvalue weighted by Gasteiger charge is 2.50. The van der Waals surface area contributed by atoms with Crippen molar-refractivity contribution in [2.75, 3.05) is 10.8 Å². The SMILES string of the molecule is CC1CCC2C(=O)N(c3ccc(-c4cc(C(=O)OC(CCCl)C(=O)c5ccc(Cl)cc5)c5cc(Br)ccc5n4)cc3)C(=O)C2C1. The summed E-state index contributed by atoms with van der Waals surface area (Å²) >= 11 is 15.4. The molecule has 2 heterocycles. The molecule has 4 atom stereocenters. The third-order valence-electron chi connectivity index (χ3n) is 8.64. The second-order valence-corrected chi connectivity index (χ2v) is 13.4. The lowest BCUT2D eigenvalue weighted by Crippen LogP contribution is -2.30. The van der Waals surface area contributed by atoms with Crippen molar-refractivity contribution >= 4 is 79.3 Å². The number of esters is 1. The molecule has 7 nitrogen and oxygen atoms in total. The summed E-state index contributed by atoms with van der Waals surface area (Å²) in [6.07, 6.45) is 1.44. The highest BCUT2D eigenvalue weighted by atomic mass is 79.9. The molecule has 1 aliphatic heterocycles. The molecule has 4 aromatic rings. The molecular weight excluding hydrogens is 679 g/mol. The van der Waals surface area contributed by atoms with E-state index in [0.29, 0.717) is 44.4 Å². The number of carbonyl (C=O) groups is 4. The van der Waals surface area contributed by atoms with Crippen LogP contribution < -0.4 is 4.90 Å². The predicted octanol–water partition coefficient (Wildman–Crippen LogP) is 8.28. The molecule has 3 aromatic carbocycles. The Bertz CT molecular complexity index is 1810. The number of nitrogens with zero attached hydrogens (tertiary/aromatic N) is 2. The van der Waals surface area contributed by atoms with Crippen molar-refractivity contribution in [2.45, 2.75) is 38.7 Å². The van der Waals surface area contributed by atoms with Crippen LogP contribution >= 0.6 is 39.1 Å². The molecule has 1 saturated heterocycles. The zero-order valence-corrected chi connectivity index (χ0v) is 27.4. The Labute approximate surface area is 279 Å². The van der Waals surface area contributed by atoms with Gasteiger partial charge in [-0.3, -0.25) is 19.3 Å². The molecule has 2 amide bonds. The van der Waals surface area contributed by atoms with E-state index in [0.717, 1.165) is 23.7 Å². The summed E-state index contributed by atoms with van der Waals surface area (Å²) in [5.74, 6) is -1.32. The van der Waals surface area contributed by atoms with Crippen molar-refractivity contribution in [2.24, 2.45) is 17.8 Å². The number of rotatable bonds is 8. The first-order valence-corrected chi connectivity index (χ1v) is 16.5. The van der Waals surface area contributed by atoms with Gasteiger partial charge in [-0.25, -0.2) is 9.78 Å². The van der Waals surface area contributed by atoms with Crippen molar-refractivity contribution in [3.05, 3.63) is 93.4 Å². The molecule has 6 rings (SSSR count). The number of carbonyl (C=O) groups excluding carboxylic acids is 4. The van der Waals surface area contributed by atoms with Crippen molar-refractivity contribution < 1.29 is 23.9 Å². The summed E-state index contributed by atoms with van der Waals surface area (Å²) in [7, 11) is 0. The van der Waals surface area contributed by atoms with Gasteiger partial charge < -0.3 is 4.74 Å². The number of imide groups is 1. The Balaban J connectivity index is 1.31. The summed E-state index contributed by atoms with van der Waals surface area (Å²) in [4.78, 5) is 59.5. The van der Waals surface area contributed by atoms with Crippen LogP contribution in [-0.2, 0) is 14.3 Å². The molecule has 230 valence electrons. The van der Waals surface area contributed by atoms with Gasteiger partial charge in [0, 0.05) is 38.3 Å². The Kier molecular flexibility index (Phi) is 9.09.